The summed E-state index contributed by atoms with van der Waals surface area (Å²) in [6.45, 7) is 12.5. The molecule has 5 nitrogen and oxygen atoms in total. The molecule has 0 spiro atoms. The van der Waals surface area contributed by atoms with Crippen LogP contribution in [0.2, 0.25) is 0 Å². The average Bonchev–Trinajstić information content (AvgIpc) is 2.79. The Kier molecular flexibility index (Phi) is 7.75. The van der Waals surface area contributed by atoms with E-state index in [1.54, 1.807) is 0 Å². The van der Waals surface area contributed by atoms with Gasteiger partial charge in [-0.05, 0) is 49.9 Å². The largest absolute Gasteiger partial charge is 0.492 e. The standard InChI is InChI=1S/C25H35N3O2/c1-5-19(3)21-11-7-8-12-22(21)26-25(29)20(4)27-15-17-28(18-16-27)23-13-9-10-14-24(23)30-6-2/h7-14,19-20H,5-6,15-18H2,1-4H3,(H,26,29)/t19-,20+/m1/s1. The highest BCUT2D eigenvalue weighted by molar-refractivity contribution is 5.95. The Balaban J connectivity index is 1.61. The van der Waals surface area contributed by atoms with Gasteiger partial charge in [0.25, 0.3) is 0 Å². The molecule has 1 heterocycles. The lowest BCUT2D eigenvalue weighted by Crippen LogP contribution is -2.53. The maximum atomic E-state index is 13.0. The van der Waals surface area contributed by atoms with E-state index in [1.165, 1.54) is 5.56 Å². The number of carbonyl (C=O) groups is 1. The zero-order chi connectivity index (χ0) is 21.5. The molecular weight excluding hydrogens is 374 g/mol. The molecule has 0 bridgehead atoms. The predicted octanol–water partition coefficient (Wildman–Crippen LogP) is 4.75. The van der Waals surface area contributed by atoms with Gasteiger partial charge >= 0.3 is 0 Å². The molecule has 162 valence electrons. The zero-order valence-corrected chi connectivity index (χ0v) is 18.7. The van der Waals surface area contributed by atoms with Crippen LogP contribution in [0.5, 0.6) is 5.75 Å². The Morgan fingerprint density at radius 3 is 2.37 bits per heavy atom. The van der Waals surface area contributed by atoms with E-state index in [2.05, 4.69) is 47.2 Å². The summed E-state index contributed by atoms with van der Waals surface area (Å²) >= 11 is 0. The van der Waals surface area contributed by atoms with Crippen LogP contribution in [-0.4, -0.2) is 49.6 Å². The lowest BCUT2D eigenvalue weighted by atomic mass is 9.97. The second-order valence-electron chi connectivity index (χ2n) is 7.99. The highest BCUT2D eigenvalue weighted by Crippen LogP contribution is 2.29. The second kappa shape index (κ2) is 10.5. The van der Waals surface area contributed by atoms with Crippen molar-refractivity contribution in [1.29, 1.82) is 0 Å². The van der Waals surface area contributed by atoms with Crippen LogP contribution in [0, 0.1) is 0 Å². The Bertz CT molecular complexity index is 831. The van der Waals surface area contributed by atoms with Gasteiger partial charge in [-0.1, -0.05) is 44.2 Å². The van der Waals surface area contributed by atoms with Crippen LogP contribution >= 0.6 is 0 Å². The number of amides is 1. The number of para-hydroxylation sites is 3. The lowest BCUT2D eigenvalue weighted by Gasteiger charge is -2.39. The molecule has 1 aliphatic heterocycles. The molecule has 3 rings (SSSR count). The van der Waals surface area contributed by atoms with Crippen LogP contribution in [0.3, 0.4) is 0 Å². The van der Waals surface area contributed by atoms with E-state index in [1.807, 2.05) is 44.2 Å². The molecule has 0 radical (unpaired) electrons. The number of benzene rings is 2. The molecule has 0 unspecified atom stereocenters. The summed E-state index contributed by atoms with van der Waals surface area (Å²) < 4.78 is 5.79. The van der Waals surface area contributed by atoms with Crippen molar-refractivity contribution in [3.05, 3.63) is 54.1 Å². The molecule has 1 saturated heterocycles. The van der Waals surface area contributed by atoms with Crippen molar-refractivity contribution in [3.63, 3.8) is 0 Å². The van der Waals surface area contributed by atoms with Crippen LogP contribution in [-0.2, 0) is 4.79 Å². The Morgan fingerprint density at radius 1 is 1.00 bits per heavy atom. The van der Waals surface area contributed by atoms with Crippen molar-refractivity contribution >= 4 is 17.3 Å². The number of rotatable bonds is 8. The normalized spacial score (nSPS) is 16.7. The number of carbonyl (C=O) groups excluding carboxylic acids is 1. The van der Waals surface area contributed by atoms with Gasteiger partial charge in [-0.15, -0.1) is 0 Å². The molecule has 30 heavy (non-hydrogen) atoms. The van der Waals surface area contributed by atoms with Crippen LogP contribution < -0.4 is 15.0 Å². The average molecular weight is 410 g/mol. The molecular formula is C25H35N3O2. The first kappa shape index (κ1) is 22.2. The summed E-state index contributed by atoms with van der Waals surface area (Å²) in [5.74, 6) is 1.42. The SMILES string of the molecule is CCOc1ccccc1N1CCN([C@@H](C)C(=O)Nc2ccccc2[C@H](C)CC)CC1. The maximum absolute atomic E-state index is 13.0. The van der Waals surface area contributed by atoms with Crippen molar-refractivity contribution in [3.8, 4) is 5.75 Å². The summed E-state index contributed by atoms with van der Waals surface area (Å²) in [4.78, 5) is 17.6. The summed E-state index contributed by atoms with van der Waals surface area (Å²) in [5.41, 5.74) is 3.28. The number of nitrogens with one attached hydrogen (secondary N) is 1. The Hall–Kier alpha value is -2.53. The molecule has 2 aromatic carbocycles. The Morgan fingerprint density at radius 2 is 1.67 bits per heavy atom. The summed E-state index contributed by atoms with van der Waals surface area (Å²) in [5, 5.41) is 3.18. The van der Waals surface area contributed by atoms with Crippen LogP contribution in [0.25, 0.3) is 0 Å². The highest BCUT2D eigenvalue weighted by atomic mass is 16.5. The van der Waals surface area contributed by atoms with Gasteiger partial charge in [-0.2, -0.15) is 0 Å². The quantitative estimate of drug-likeness (QED) is 0.683. The predicted molar refractivity (Wildman–Crippen MR) is 125 cm³/mol. The number of nitrogens with zero attached hydrogens (tertiary/aromatic N) is 2. The van der Waals surface area contributed by atoms with E-state index < -0.39 is 0 Å². The van der Waals surface area contributed by atoms with Gasteiger partial charge in [0.1, 0.15) is 5.75 Å². The Labute approximate surface area is 181 Å². The molecule has 0 saturated carbocycles. The molecule has 1 aliphatic rings. The number of anilines is 2. The monoisotopic (exact) mass is 409 g/mol. The molecule has 1 fully saturated rings. The third kappa shape index (κ3) is 5.14. The van der Waals surface area contributed by atoms with E-state index in [-0.39, 0.29) is 11.9 Å². The lowest BCUT2D eigenvalue weighted by molar-refractivity contribution is -0.120. The van der Waals surface area contributed by atoms with Crippen molar-refractivity contribution in [2.24, 2.45) is 0 Å². The second-order valence-corrected chi connectivity index (χ2v) is 7.99. The summed E-state index contributed by atoms with van der Waals surface area (Å²) in [6, 6.07) is 16.2. The summed E-state index contributed by atoms with van der Waals surface area (Å²) in [6.07, 6.45) is 1.05. The topological polar surface area (TPSA) is 44.8 Å². The van der Waals surface area contributed by atoms with Crippen molar-refractivity contribution in [2.45, 2.75) is 46.1 Å². The van der Waals surface area contributed by atoms with Gasteiger partial charge in [0.05, 0.1) is 18.3 Å². The van der Waals surface area contributed by atoms with Crippen molar-refractivity contribution in [1.82, 2.24) is 4.90 Å². The zero-order valence-electron chi connectivity index (χ0n) is 18.7. The minimum absolute atomic E-state index is 0.0638. The van der Waals surface area contributed by atoms with Crippen LogP contribution in [0.15, 0.2) is 48.5 Å². The van der Waals surface area contributed by atoms with E-state index in [0.29, 0.717) is 12.5 Å². The van der Waals surface area contributed by atoms with Gasteiger partial charge in [0.2, 0.25) is 5.91 Å². The van der Waals surface area contributed by atoms with E-state index in [4.69, 9.17) is 4.74 Å². The van der Waals surface area contributed by atoms with Gasteiger partial charge in [0.15, 0.2) is 0 Å². The van der Waals surface area contributed by atoms with Crippen molar-refractivity contribution < 1.29 is 9.53 Å². The fourth-order valence-corrected chi connectivity index (χ4v) is 4.01. The smallest absolute Gasteiger partial charge is 0.241 e. The maximum Gasteiger partial charge on any atom is 0.241 e. The van der Waals surface area contributed by atoms with E-state index in [0.717, 1.165) is 49.7 Å². The molecule has 0 aliphatic carbocycles. The molecule has 1 N–H and O–H groups in total. The first-order chi connectivity index (χ1) is 14.5. The van der Waals surface area contributed by atoms with Crippen LogP contribution in [0.1, 0.15) is 45.6 Å². The fourth-order valence-electron chi connectivity index (χ4n) is 4.01. The number of hydrogen-bond donors (Lipinski definition) is 1. The number of ether oxygens (including phenoxy) is 1. The van der Waals surface area contributed by atoms with Gasteiger partial charge < -0.3 is 15.0 Å². The minimum Gasteiger partial charge on any atom is -0.492 e. The van der Waals surface area contributed by atoms with Gasteiger partial charge in [0, 0.05) is 31.9 Å². The number of hydrogen-bond acceptors (Lipinski definition) is 4. The first-order valence-corrected chi connectivity index (χ1v) is 11.2. The van der Waals surface area contributed by atoms with Crippen molar-refractivity contribution in [2.75, 3.05) is 43.0 Å². The molecule has 2 atom stereocenters. The van der Waals surface area contributed by atoms with Crippen LogP contribution in [0.4, 0.5) is 11.4 Å². The van der Waals surface area contributed by atoms with E-state index >= 15 is 0 Å². The first-order valence-electron chi connectivity index (χ1n) is 11.2. The third-order valence-corrected chi connectivity index (χ3v) is 6.11. The number of piperazine rings is 1. The molecule has 1 amide bonds. The third-order valence-electron chi connectivity index (χ3n) is 6.11. The minimum atomic E-state index is -0.167. The molecule has 2 aromatic rings. The molecule has 0 aromatic heterocycles. The summed E-state index contributed by atoms with van der Waals surface area (Å²) in [7, 11) is 0. The fraction of sp³-hybridized carbons (Fsp3) is 0.480. The van der Waals surface area contributed by atoms with E-state index in [9.17, 15) is 4.79 Å². The molecule has 5 heteroatoms. The van der Waals surface area contributed by atoms with Gasteiger partial charge in [-0.25, -0.2) is 0 Å². The van der Waals surface area contributed by atoms with Gasteiger partial charge in [-0.3, -0.25) is 9.69 Å². The highest BCUT2D eigenvalue weighted by Gasteiger charge is 2.27.